The van der Waals surface area contributed by atoms with Crippen LogP contribution >= 0.6 is 0 Å². The molecule has 0 amide bonds. The maximum Gasteiger partial charge on any atom is 0.240 e. The minimum atomic E-state index is -3.51. The second-order valence-corrected chi connectivity index (χ2v) is 6.60. The molecule has 6 nitrogen and oxygen atoms in total. The Morgan fingerprint density at radius 1 is 1.30 bits per heavy atom. The van der Waals surface area contributed by atoms with Crippen LogP contribution in [0, 0.1) is 13.8 Å². The molecule has 20 heavy (non-hydrogen) atoms. The molecular formula is C13H18N4O2S. The van der Waals surface area contributed by atoms with Crippen molar-refractivity contribution in [3.63, 3.8) is 0 Å². The molecule has 0 fully saturated rings. The van der Waals surface area contributed by atoms with Crippen molar-refractivity contribution >= 4 is 10.0 Å². The van der Waals surface area contributed by atoms with E-state index in [9.17, 15) is 8.42 Å². The highest BCUT2D eigenvalue weighted by atomic mass is 32.2. The molecule has 1 aromatic heterocycles. The molecule has 0 aliphatic carbocycles. The van der Waals surface area contributed by atoms with Crippen molar-refractivity contribution in [2.75, 3.05) is 0 Å². The largest absolute Gasteiger partial charge is 0.251 e. The summed E-state index contributed by atoms with van der Waals surface area (Å²) in [5.41, 5.74) is 2.02. The highest BCUT2D eigenvalue weighted by molar-refractivity contribution is 7.89. The Labute approximate surface area is 118 Å². The Morgan fingerprint density at radius 3 is 2.65 bits per heavy atom. The highest BCUT2D eigenvalue weighted by Crippen LogP contribution is 2.15. The number of aryl methyl sites for hydroxylation is 2. The van der Waals surface area contributed by atoms with Crippen LogP contribution in [-0.4, -0.2) is 29.2 Å². The lowest BCUT2D eigenvalue weighted by Crippen LogP contribution is -2.35. The first kappa shape index (κ1) is 14.7. The summed E-state index contributed by atoms with van der Waals surface area (Å²) in [4.78, 5) is 4.11. The maximum atomic E-state index is 12.3. The van der Waals surface area contributed by atoms with Crippen molar-refractivity contribution in [2.45, 2.75) is 38.3 Å². The van der Waals surface area contributed by atoms with Crippen LogP contribution in [0.4, 0.5) is 0 Å². The van der Waals surface area contributed by atoms with Gasteiger partial charge in [-0.1, -0.05) is 6.07 Å². The first-order valence-corrected chi connectivity index (χ1v) is 7.79. The van der Waals surface area contributed by atoms with Crippen molar-refractivity contribution in [1.29, 1.82) is 0 Å². The van der Waals surface area contributed by atoms with Crippen LogP contribution < -0.4 is 4.72 Å². The van der Waals surface area contributed by atoms with E-state index in [1.54, 1.807) is 30.1 Å². The van der Waals surface area contributed by atoms with Gasteiger partial charge in [0.25, 0.3) is 0 Å². The number of sulfonamides is 1. The summed E-state index contributed by atoms with van der Waals surface area (Å²) in [6.45, 7) is 6.07. The summed E-state index contributed by atoms with van der Waals surface area (Å²) in [5.74, 6) is 0. The van der Waals surface area contributed by atoms with E-state index >= 15 is 0 Å². The third kappa shape index (κ3) is 3.43. The third-order valence-corrected chi connectivity index (χ3v) is 4.66. The van der Waals surface area contributed by atoms with Gasteiger partial charge in [-0.3, -0.25) is 4.68 Å². The van der Waals surface area contributed by atoms with E-state index in [2.05, 4.69) is 14.8 Å². The minimum absolute atomic E-state index is 0.275. The van der Waals surface area contributed by atoms with Gasteiger partial charge in [0.2, 0.25) is 10.0 Å². The van der Waals surface area contributed by atoms with Crippen LogP contribution in [0.1, 0.15) is 18.1 Å². The average Bonchev–Trinajstić information content (AvgIpc) is 2.84. The predicted molar refractivity (Wildman–Crippen MR) is 75.7 cm³/mol. The van der Waals surface area contributed by atoms with E-state index in [0.29, 0.717) is 6.54 Å². The fourth-order valence-electron chi connectivity index (χ4n) is 1.86. The number of nitrogens with one attached hydrogen (secondary N) is 1. The molecule has 0 aliphatic rings. The molecule has 108 valence electrons. The molecule has 2 aromatic rings. The van der Waals surface area contributed by atoms with Gasteiger partial charge in [0.15, 0.2) is 0 Å². The van der Waals surface area contributed by atoms with E-state index < -0.39 is 10.0 Å². The topological polar surface area (TPSA) is 76.9 Å². The van der Waals surface area contributed by atoms with E-state index in [-0.39, 0.29) is 10.9 Å². The molecule has 0 saturated heterocycles. The molecule has 7 heteroatoms. The summed E-state index contributed by atoms with van der Waals surface area (Å²) in [6.07, 6.45) is 2.98. The molecule has 1 aromatic carbocycles. The predicted octanol–water partition coefficient (Wildman–Crippen LogP) is 1.26. The van der Waals surface area contributed by atoms with Gasteiger partial charge in [0.1, 0.15) is 12.7 Å². The minimum Gasteiger partial charge on any atom is -0.251 e. The summed E-state index contributed by atoms with van der Waals surface area (Å²) in [5, 5.41) is 3.96. The van der Waals surface area contributed by atoms with Gasteiger partial charge < -0.3 is 0 Å². The molecule has 1 N–H and O–H groups in total. The van der Waals surface area contributed by atoms with E-state index in [1.165, 1.54) is 6.33 Å². The molecule has 0 aliphatic heterocycles. The first-order valence-electron chi connectivity index (χ1n) is 6.30. The normalized spacial score (nSPS) is 13.3. The maximum absolute atomic E-state index is 12.3. The van der Waals surface area contributed by atoms with E-state index in [4.69, 9.17) is 0 Å². The molecule has 0 spiro atoms. The van der Waals surface area contributed by atoms with Gasteiger partial charge in [-0.15, -0.1) is 0 Å². The van der Waals surface area contributed by atoms with Gasteiger partial charge in [-0.05, 0) is 44.0 Å². The van der Waals surface area contributed by atoms with Crippen LogP contribution in [0.5, 0.6) is 0 Å². The Kier molecular flexibility index (Phi) is 4.20. The molecule has 0 saturated carbocycles. The Balaban J connectivity index is 2.12. The number of aromatic nitrogens is 3. The first-order chi connectivity index (χ1) is 9.38. The fraction of sp³-hybridized carbons (Fsp3) is 0.385. The molecule has 2 rings (SSSR count). The molecule has 0 bridgehead atoms. The van der Waals surface area contributed by atoms with Gasteiger partial charge in [0, 0.05) is 6.04 Å². The van der Waals surface area contributed by atoms with Crippen molar-refractivity contribution in [1.82, 2.24) is 19.5 Å². The fourth-order valence-corrected chi connectivity index (χ4v) is 3.18. The summed E-state index contributed by atoms with van der Waals surface area (Å²) >= 11 is 0. The number of hydrogen-bond acceptors (Lipinski definition) is 4. The highest BCUT2D eigenvalue weighted by Gasteiger charge is 2.18. The lowest BCUT2D eigenvalue weighted by atomic mass is 10.1. The Morgan fingerprint density at radius 2 is 2.05 bits per heavy atom. The number of benzene rings is 1. The van der Waals surface area contributed by atoms with E-state index in [0.717, 1.165) is 11.1 Å². The van der Waals surface area contributed by atoms with Gasteiger partial charge in [-0.25, -0.2) is 18.1 Å². The van der Waals surface area contributed by atoms with Crippen molar-refractivity contribution < 1.29 is 8.42 Å². The van der Waals surface area contributed by atoms with Crippen LogP contribution in [0.15, 0.2) is 35.7 Å². The lowest BCUT2D eigenvalue weighted by molar-refractivity contribution is 0.493. The van der Waals surface area contributed by atoms with Crippen molar-refractivity contribution in [2.24, 2.45) is 0 Å². The molecule has 0 radical (unpaired) electrons. The van der Waals surface area contributed by atoms with Gasteiger partial charge in [-0.2, -0.15) is 5.10 Å². The van der Waals surface area contributed by atoms with Crippen LogP contribution in [0.25, 0.3) is 0 Å². The van der Waals surface area contributed by atoms with E-state index in [1.807, 2.05) is 19.9 Å². The third-order valence-electron chi connectivity index (χ3n) is 3.07. The second-order valence-electron chi connectivity index (χ2n) is 4.89. The SMILES string of the molecule is Cc1ccc(S(=O)(=O)N[C@H](C)Cn2cncn2)cc1C. The zero-order chi connectivity index (χ0) is 14.8. The Bertz CT molecular complexity index is 680. The Hall–Kier alpha value is -1.73. The quantitative estimate of drug-likeness (QED) is 0.900. The summed E-state index contributed by atoms with van der Waals surface area (Å²) < 4.78 is 28.8. The number of nitrogens with zero attached hydrogens (tertiary/aromatic N) is 3. The molecular weight excluding hydrogens is 276 g/mol. The zero-order valence-electron chi connectivity index (χ0n) is 11.7. The van der Waals surface area contributed by atoms with Gasteiger partial charge in [0.05, 0.1) is 11.4 Å². The van der Waals surface area contributed by atoms with Crippen LogP contribution in [0.2, 0.25) is 0 Å². The van der Waals surface area contributed by atoms with Crippen LogP contribution in [0.3, 0.4) is 0 Å². The number of hydrogen-bond donors (Lipinski definition) is 1. The van der Waals surface area contributed by atoms with Crippen molar-refractivity contribution in [3.05, 3.63) is 42.0 Å². The monoisotopic (exact) mass is 294 g/mol. The second kappa shape index (κ2) is 5.72. The molecule has 0 unspecified atom stereocenters. The van der Waals surface area contributed by atoms with Crippen molar-refractivity contribution in [3.8, 4) is 0 Å². The molecule has 1 atom stereocenters. The summed E-state index contributed by atoms with van der Waals surface area (Å²) in [7, 11) is -3.51. The lowest BCUT2D eigenvalue weighted by Gasteiger charge is -2.14. The summed E-state index contributed by atoms with van der Waals surface area (Å²) in [6, 6.07) is 4.84. The molecule has 1 heterocycles. The van der Waals surface area contributed by atoms with Crippen LogP contribution in [-0.2, 0) is 16.6 Å². The van der Waals surface area contributed by atoms with Gasteiger partial charge >= 0.3 is 0 Å². The zero-order valence-corrected chi connectivity index (χ0v) is 12.6. The number of rotatable bonds is 5. The average molecular weight is 294 g/mol. The standard InChI is InChI=1S/C13H18N4O2S/c1-10-4-5-13(6-11(10)2)20(18,19)16-12(3)7-17-9-14-8-15-17/h4-6,8-9,12,16H,7H2,1-3H3/t12-/m1/s1. The smallest absolute Gasteiger partial charge is 0.240 e.